The molecule has 1 aliphatic rings. The molecule has 0 radical (unpaired) electrons. The molecule has 1 fully saturated rings. The van der Waals surface area contributed by atoms with Crippen LogP contribution in [0.25, 0.3) is 0 Å². The summed E-state index contributed by atoms with van der Waals surface area (Å²) in [4.78, 5) is 13.0. The minimum Gasteiger partial charge on any atom is -0.394 e. The van der Waals surface area contributed by atoms with Gasteiger partial charge in [-0.2, -0.15) is 0 Å². The van der Waals surface area contributed by atoms with Crippen molar-refractivity contribution in [1.82, 2.24) is 5.32 Å². The molecule has 0 saturated carbocycles. The fourth-order valence-electron chi connectivity index (χ4n) is 10.3. The summed E-state index contributed by atoms with van der Waals surface area (Å²) in [6, 6.07) is -0.824. The molecule has 6 N–H and O–H groups in total. The van der Waals surface area contributed by atoms with E-state index in [9.17, 15) is 30.3 Å². The number of nitrogens with one attached hydrogen (secondary N) is 1. The second-order valence-corrected chi connectivity index (χ2v) is 22.2. The maximum Gasteiger partial charge on any atom is 0.220 e. The van der Waals surface area contributed by atoms with E-state index < -0.39 is 49.5 Å². The van der Waals surface area contributed by atoms with Crippen LogP contribution in [0, 0.1) is 0 Å². The third-order valence-corrected chi connectivity index (χ3v) is 15.2. The Morgan fingerprint density at radius 3 is 1.14 bits per heavy atom. The fourth-order valence-corrected chi connectivity index (χ4v) is 10.3. The zero-order valence-corrected chi connectivity index (χ0v) is 47.9. The molecular formula is C64H121NO8. The number of hydrogen-bond acceptors (Lipinski definition) is 8. The van der Waals surface area contributed by atoms with E-state index in [1.54, 1.807) is 6.08 Å². The lowest BCUT2D eigenvalue weighted by Crippen LogP contribution is -2.60. The summed E-state index contributed by atoms with van der Waals surface area (Å²) >= 11 is 0. The first-order chi connectivity index (χ1) is 35.8. The molecule has 1 saturated heterocycles. The number of ether oxygens (including phenoxy) is 2. The Hall–Kier alpha value is -1.59. The van der Waals surface area contributed by atoms with E-state index in [0.717, 1.165) is 51.4 Å². The summed E-state index contributed by atoms with van der Waals surface area (Å²) in [6.07, 6.45) is 64.4. The number of amides is 1. The number of unbranched alkanes of at least 4 members (excludes halogenated alkanes) is 41. The molecule has 0 aliphatic carbocycles. The first-order valence-electron chi connectivity index (χ1n) is 31.7. The molecule has 1 aliphatic heterocycles. The number of allylic oxidation sites excluding steroid dienone is 5. The zero-order valence-electron chi connectivity index (χ0n) is 47.9. The van der Waals surface area contributed by atoms with Crippen LogP contribution in [0.2, 0.25) is 0 Å². The van der Waals surface area contributed by atoms with E-state index >= 15 is 0 Å². The van der Waals surface area contributed by atoms with E-state index in [2.05, 4.69) is 43.5 Å². The molecule has 7 atom stereocenters. The molecule has 1 rings (SSSR count). The summed E-state index contributed by atoms with van der Waals surface area (Å²) in [7, 11) is 0. The molecule has 0 aromatic rings. The normalized spacial score (nSPS) is 19.2. The van der Waals surface area contributed by atoms with E-state index in [4.69, 9.17) is 9.47 Å². The number of aliphatic hydroxyl groups is 5. The third kappa shape index (κ3) is 43.1. The zero-order chi connectivity index (χ0) is 52.9. The topological polar surface area (TPSA) is 149 Å². The number of carbonyl (C=O) groups excluding carboxylic acids is 1. The maximum atomic E-state index is 13.0. The maximum absolute atomic E-state index is 13.0. The van der Waals surface area contributed by atoms with Crippen molar-refractivity contribution >= 4 is 5.91 Å². The first kappa shape index (κ1) is 69.4. The Kier molecular flexibility index (Phi) is 51.2. The average molecular weight is 1030 g/mol. The van der Waals surface area contributed by atoms with Crippen molar-refractivity contribution in [3.63, 3.8) is 0 Å². The molecular weight excluding hydrogens is 911 g/mol. The van der Waals surface area contributed by atoms with Crippen LogP contribution in [0.4, 0.5) is 0 Å². The summed E-state index contributed by atoms with van der Waals surface area (Å²) in [5.41, 5.74) is 0. The van der Waals surface area contributed by atoms with Crippen LogP contribution in [0.15, 0.2) is 36.5 Å². The molecule has 0 aromatic carbocycles. The van der Waals surface area contributed by atoms with Gasteiger partial charge < -0.3 is 40.3 Å². The molecule has 9 nitrogen and oxygen atoms in total. The van der Waals surface area contributed by atoms with Gasteiger partial charge in [0.1, 0.15) is 24.4 Å². The third-order valence-electron chi connectivity index (χ3n) is 15.2. The Morgan fingerprint density at radius 1 is 0.466 bits per heavy atom. The minimum absolute atomic E-state index is 0.188. The first-order valence-corrected chi connectivity index (χ1v) is 31.7. The van der Waals surface area contributed by atoms with E-state index in [1.165, 1.54) is 238 Å². The van der Waals surface area contributed by atoms with Crippen LogP contribution in [0.5, 0.6) is 0 Å². The number of carbonyl (C=O) groups is 1. The standard InChI is InChI=1S/C64H121NO8/c1-3-5-7-9-11-13-15-16-17-18-19-20-21-22-23-24-25-26-27-28-29-30-31-32-33-34-35-36-37-38-39-40-41-42-43-44-46-48-50-52-54-60(68)65-57(56-72-64-63(71)62(70)61(69)59(55-66)73-64)58(67)53-51-49-47-45-14-12-10-8-6-4-2/h6,8,14,45,51,53,57-59,61-64,66-67,69-71H,3-5,7,9-13,15-44,46-50,52,54-56H2,1-2H3,(H,65,68)/b8-6+,45-14+,53-51+. The average Bonchev–Trinajstić information content (AvgIpc) is 3.39. The minimum atomic E-state index is -1.57. The molecule has 0 bridgehead atoms. The van der Waals surface area contributed by atoms with Gasteiger partial charge >= 0.3 is 0 Å². The van der Waals surface area contributed by atoms with E-state index in [0.29, 0.717) is 6.42 Å². The van der Waals surface area contributed by atoms with Gasteiger partial charge in [-0.05, 0) is 38.5 Å². The Balaban J connectivity index is 1.97. The van der Waals surface area contributed by atoms with Gasteiger partial charge in [-0.25, -0.2) is 0 Å². The van der Waals surface area contributed by atoms with Crippen molar-refractivity contribution < 1.29 is 39.8 Å². The van der Waals surface area contributed by atoms with Crippen molar-refractivity contribution in [3.8, 4) is 0 Å². The molecule has 430 valence electrons. The van der Waals surface area contributed by atoms with Gasteiger partial charge in [-0.15, -0.1) is 0 Å². The van der Waals surface area contributed by atoms with Gasteiger partial charge in [0.05, 0.1) is 25.4 Å². The molecule has 1 amide bonds. The highest BCUT2D eigenvalue weighted by Crippen LogP contribution is 2.23. The Morgan fingerprint density at radius 2 is 0.795 bits per heavy atom. The van der Waals surface area contributed by atoms with Crippen LogP contribution in [-0.4, -0.2) is 87.5 Å². The highest BCUT2D eigenvalue weighted by molar-refractivity contribution is 5.76. The fraction of sp³-hybridized carbons (Fsp3) is 0.891. The quantitative estimate of drug-likeness (QED) is 0.0261. The summed E-state index contributed by atoms with van der Waals surface area (Å²) in [5.74, 6) is -0.188. The number of hydrogen-bond donors (Lipinski definition) is 6. The van der Waals surface area contributed by atoms with Gasteiger partial charge in [0, 0.05) is 6.42 Å². The van der Waals surface area contributed by atoms with E-state index in [1.807, 2.05) is 6.08 Å². The highest BCUT2D eigenvalue weighted by Gasteiger charge is 2.44. The highest BCUT2D eigenvalue weighted by atomic mass is 16.7. The van der Waals surface area contributed by atoms with Crippen molar-refractivity contribution in [3.05, 3.63) is 36.5 Å². The number of aliphatic hydroxyl groups excluding tert-OH is 5. The lowest BCUT2D eigenvalue weighted by molar-refractivity contribution is -0.302. The van der Waals surface area contributed by atoms with Gasteiger partial charge in [-0.1, -0.05) is 301 Å². The molecule has 9 heteroatoms. The second kappa shape index (κ2) is 53.8. The molecule has 7 unspecified atom stereocenters. The van der Waals surface area contributed by atoms with Gasteiger partial charge in [0.15, 0.2) is 6.29 Å². The van der Waals surface area contributed by atoms with Crippen LogP contribution in [-0.2, 0) is 14.3 Å². The van der Waals surface area contributed by atoms with Gasteiger partial charge in [0.25, 0.3) is 0 Å². The predicted octanol–water partition coefficient (Wildman–Crippen LogP) is 16.3. The molecule has 73 heavy (non-hydrogen) atoms. The molecule has 1 heterocycles. The lowest BCUT2D eigenvalue weighted by atomic mass is 9.99. The van der Waals surface area contributed by atoms with Gasteiger partial charge in [0.2, 0.25) is 5.91 Å². The molecule has 0 spiro atoms. The van der Waals surface area contributed by atoms with Crippen molar-refractivity contribution in [1.29, 1.82) is 0 Å². The van der Waals surface area contributed by atoms with Crippen LogP contribution < -0.4 is 5.32 Å². The SMILES string of the molecule is CC/C=C/CC/C=C/CC/C=C/C(O)C(COC1OC(CO)C(O)C(O)C1O)NC(=O)CCCCCCCCCCCCCCCCCCCCCCCCCCCCCCCCCCCCCCCCCC. The van der Waals surface area contributed by atoms with Crippen LogP contribution in [0.3, 0.4) is 0 Å². The summed E-state index contributed by atoms with van der Waals surface area (Å²) in [5, 5.41) is 54.2. The second-order valence-electron chi connectivity index (χ2n) is 22.2. The van der Waals surface area contributed by atoms with Crippen molar-refractivity contribution in [2.75, 3.05) is 13.2 Å². The summed E-state index contributed by atoms with van der Waals surface area (Å²) in [6.45, 7) is 3.65. The Bertz CT molecular complexity index is 1240. The van der Waals surface area contributed by atoms with Crippen LogP contribution >= 0.6 is 0 Å². The summed E-state index contributed by atoms with van der Waals surface area (Å²) < 4.78 is 11.2. The van der Waals surface area contributed by atoms with Crippen LogP contribution in [0.1, 0.15) is 309 Å². The van der Waals surface area contributed by atoms with Crippen molar-refractivity contribution in [2.24, 2.45) is 0 Å². The molecule has 0 aromatic heterocycles. The Labute approximate surface area is 451 Å². The lowest BCUT2D eigenvalue weighted by Gasteiger charge is -2.40. The number of rotatable bonds is 55. The van der Waals surface area contributed by atoms with E-state index in [-0.39, 0.29) is 12.5 Å². The monoisotopic (exact) mass is 1030 g/mol. The largest absolute Gasteiger partial charge is 0.394 e. The van der Waals surface area contributed by atoms with Crippen molar-refractivity contribution in [2.45, 2.75) is 352 Å². The predicted molar refractivity (Wildman–Crippen MR) is 309 cm³/mol. The smallest absolute Gasteiger partial charge is 0.220 e. The van der Waals surface area contributed by atoms with Gasteiger partial charge in [-0.3, -0.25) is 4.79 Å².